The molecule has 0 aromatic rings. The van der Waals surface area contributed by atoms with E-state index in [1.165, 1.54) is 18.2 Å². The van der Waals surface area contributed by atoms with Gasteiger partial charge in [-0.3, -0.25) is 20.2 Å². The fourth-order valence-corrected chi connectivity index (χ4v) is 3.81. The van der Waals surface area contributed by atoms with Crippen molar-refractivity contribution in [2.24, 2.45) is 0 Å². The fourth-order valence-electron chi connectivity index (χ4n) is 2.16. The smallest absolute Gasteiger partial charge is 0.264 e. The molecule has 0 aromatic heterocycles. The van der Waals surface area contributed by atoms with Gasteiger partial charge in [0.15, 0.2) is 5.00 Å². The zero-order chi connectivity index (χ0) is 19.9. The summed E-state index contributed by atoms with van der Waals surface area (Å²) in [5.74, 6) is 0. The summed E-state index contributed by atoms with van der Waals surface area (Å²) in [7, 11) is 0. The highest BCUT2D eigenvalue weighted by molar-refractivity contribution is 6.43. The average molecular weight is 485 g/mol. The van der Waals surface area contributed by atoms with Crippen molar-refractivity contribution in [2.75, 3.05) is 0 Å². The summed E-state index contributed by atoms with van der Waals surface area (Å²) >= 11 is 36.3. The van der Waals surface area contributed by atoms with Gasteiger partial charge in [0.05, 0.1) is 9.96 Å². The summed E-state index contributed by atoms with van der Waals surface area (Å²) < 4.78 is 0. The van der Waals surface area contributed by atoms with Crippen LogP contribution in [0.3, 0.4) is 0 Å². The topological polar surface area (TPSA) is 110 Å². The molecule has 0 fully saturated rings. The fraction of sp³-hybridized carbons (Fsp3) is 0.333. The third-order valence-corrected chi connectivity index (χ3v) is 6.41. The lowest BCUT2D eigenvalue weighted by molar-refractivity contribution is -0.516. The van der Waals surface area contributed by atoms with Gasteiger partial charge in [-0.25, -0.2) is 10.9 Å². The first-order valence-corrected chi connectivity index (χ1v) is 8.93. The van der Waals surface area contributed by atoms with Gasteiger partial charge < -0.3 is 0 Å². The first-order chi connectivity index (χ1) is 11.9. The van der Waals surface area contributed by atoms with Gasteiger partial charge in [-0.05, 0) is 18.2 Å². The number of nitrogens with one attached hydrogen (secondary N) is 2. The predicted octanol–water partition coefficient (Wildman–Crippen LogP) is 3.76. The lowest BCUT2D eigenvalue weighted by Gasteiger charge is -2.37. The molecule has 0 aliphatic heterocycles. The largest absolute Gasteiger partial charge is 0.286 e. The van der Waals surface area contributed by atoms with Crippen LogP contribution in [0.25, 0.3) is 0 Å². The average Bonchev–Trinajstić information content (AvgIpc) is 2.54. The third-order valence-electron chi connectivity index (χ3n) is 3.51. The molecule has 0 saturated heterocycles. The molecule has 0 spiro atoms. The van der Waals surface area contributed by atoms with E-state index in [4.69, 9.17) is 69.6 Å². The molecule has 0 saturated carbocycles. The molecule has 4 unspecified atom stereocenters. The van der Waals surface area contributed by atoms with Crippen molar-refractivity contribution in [1.82, 2.24) is 10.9 Å². The van der Waals surface area contributed by atoms with Crippen LogP contribution in [0.15, 0.2) is 45.1 Å². The van der Waals surface area contributed by atoms with Gasteiger partial charge in [0.25, 0.3) is 11.7 Å². The quantitative estimate of drug-likeness (QED) is 0.266. The highest BCUT2D eigenvalue weighted by Gasteiger charge is 2.51. The number of nitrogens with zero attached hydrogens (tertiary/aromatic N) is 2. The minimum atomic E-state index is -1.86. The Morgan fingerprint density at radius 2 is 1.50 bits per heavy atom. The molecule has 4 atom stereocenters. The van der Waals surface area contributed by atoms with Crippen LogP contribution >= 0.6 is 69.6 Å². The molecule has 142 valence electrons. The van der Waals surface area contributed by atoms with E-state index in [0.717, 1.165) is 6.08 Å². The van der Waals surface area contributed by atoms with Crippen LogP contribution in [0, 0.1) is 20.2 Å². The molecule has 2 aliphatic rings. The Kier molecular flexibility index (Phi) is 6.52. The van der Waals surface area contributed by atoms with Crippen LogP contribution < -0.4 is 10.9 Å². The second kappa shape index (κ2) is 7.81. The van der Waals surface area contributed by atoms with Gasteiger partial charge >= 0.3 is 0 Å². The first kappa shape index (κ1) is 21.7. The number of hydrogen-bond donors (Lipinski definition) is 2. The van der Waals surface area contributed by atoms with E-state index in [0.29, 0.717) is 0 Å². The number of hydrogen-bond acceptors (Lipinski definition) is 6. The molecular formula is C12H8Cl6N4O4. The zero-order valence-corrected chi connectivity index (χ0v) is 16.8. The molecular weight excluding hydrogens is 477 g/mol. The van der Waals surface area contributed by atoms with Gasteiger partial charge in [0, 0.05) is 11.0 Å². The lowest BCUT2D eigenvalue weighted by Crippen LogP contribution is -2.64. The van der Waals surface area contributed by atoms with Crippen LogP contribution in [0.2, 0.25) is 0 Å². The Balaban J connectivity index is 2.25. The van der Waals surface area contributed by atoms with Crippen molar-refractivity contribution in [1.29, 1.82) is 0 Å². The van der Waals surface area contributed by atoms with Crippen LogP contribution in [0.5, 0.6) is 0 Å². The van der Waals surface area contributed by atoms with E-state index in [1.54, 1.807) is 0 Å². The maximum atomic E-state index is 11.4. The van der Waals surface area contributed by atoms with Crippen molar-refractivity contribution in [2.45, 2.75) is 21.4 Å². The normalized spacial score (nSPS) is 34.4. The van der Waals surface area contributed by atoms with Gasteiger partial charge in [0.2, 0.25) is 0 Å². The summed E-state index contributed by atoms with van der Waals surface area (Å²) in [6.07, 6.45) is 4.70. The maximum Gasteiger partial charge on any atom is 0.286 e. The van der Waals surface area contributed by atoms with Gasteiger partial charge in [-0.2, -0.15) is 0 Å². The second-order valence-electron chi connectivity index (χ2n) is 5.19. The van der Waals surface area contributed by atoms with E-state index in [9.17, 15) is 20.2 Å². The Morgan fingerprint density at radius 1 is 0.962 bits per heavy atom. The Labute approximate surface area is 176 Å². The molecule has 14 heteroatoms. The highest BCUT2D eigenvalue weighted by atomic mass is 35.5. The van der Waals surface area contributed by atoms with E-state index in [1.807, 2.05) is 0 Å². The van der Waals surface area contributed by atoms with Gasteiger partial charge in [-0.1, -0.05) is 58.0 Å². The van der Waals surface area contributed by atoms with Crippen molar-refractivity contribution in [3.63, 3.8) is 0 Å². The highest BCUT2D eigenvalue weighted by Crippen LogP contribution is 2.39. The van der Waals surface area contributed by atoms with E-state index >= 15 is 0 Å². The van der Waals surface area contributed by atoms with Crippen LogP contribution in [-0.2, 0) is 0 Å². The Morgan fingerprint density at radius 3 is 2.04 bits per heavy atom. The maximum absolute atomic E-state index is 11.4. The van der Waals surface area contributed by atoms with Crippen molar-refractivity contribution >= 4 is 69.6 Å². The van der Waals surface area contributed by atoms with Crippen molar-refractivity contribution in [3.05, 3.63) is 65.3 Å². The van der Waals surface area contributed by atoms with Crippen LogP contribution in [-0.4, -0.2) is 31.3 Å². The first-order valence-electron chi connectivity index (χ1n) is 6.60. The van der Waals surface area contributed by atoms with Crippen LogP contribution in [0.1, 0.15) is 0 Å². The van der Waals surface area contributed by atoms with Crippen LogP contribution in [0.4, 0.5) is 0 Å². The molecule has 0 amide bonds. The zero-order valence-electron chi connectivity index (χ0n) is 12.3. The molecule has 8 nitrogen and oxygen atoms in total. The van der Waals surface area contributed by atoms with Gasteiger partial charge in [-0.15, -0.1) is 11.6 Å². The monoisotopic (exact) mass is 482 g/mol. The molecule has 2 aliphatic carbocycles. The molecule has 0 aromatic carbocycles. The number of hydrazine groups is 1. The molecule has 0 bridgehead atoms. The molecule has 2 rings (SSSR count). The van der Waals surface area contributed by atoms with Crippen molar-refractivity contribution < 1.29 is 9.85 Å². The number of halogens is 6. The SMILES string of the molecule is O=[N+]([O-])C1=C(Cl)C(Cl)C(Cl)(NNC2(Cl)C=CC(Cl)=C(Cl)C2[N+](=O)[O-])C=C1. The third kappa shape index (κ3) is 3.98. The Bertz CT molecular complexity index is 784. The molecule has 26 heavy (non-hydrogen) atoms. The second-order valence-corrected chi connectivity index (χ2v) is 8.10. The summed E-state index contributed by atoms with van der Waals surface area (Å²) in [5.41, 5.74) is 4.56. The minimum Gasteiger partial charge on any atom is -0.264 e. The number of rotatable bonds is 5. The van der Waals surface area contributed by atoms with E-state index in [-0.39, 0.29) is 15.1 Å². The van der Waals surface area contributed by atoms with E-state index < -0.39 is 37.0 Å². The van der Waals surface area contributed by atoms with Gasteiger partial charge in [0.1, 0.15) is 20.4 Å². The number of nitro groups is 2. The molecule has 0 radical (unpaired) electrons. The standard InChI is InChI=1S/C12H8Cl6N4O4/c13-5-1-3-12(18,10(7(5)14)22(25)26)20-19-11(17)4-2-6(21(23)24)8(15)9(11)16/h1-4,9-10,19-20H. The number of allylic oxidation sites excluding steroid dienone is 3. The molecule has 2 N–H and O–H groups in total. The number of alkyl halides is 3. The summed E-state index contributed by atoms with van der Waals surface area (Å²) in [4.78, 5) is 17.3. The summed E-state index contributed by atoms with van der Waals surface area (Å²) in [5, 5.41) is 20.3. The lowest BCUT2D eigenvalue weighted by atomic mass is 10.0. The Hall–Kier alpha value is -0.580. The summed E-state index contributed by atoms with van der Waals surface area (Å²) in [6, 6.07) is -1.64. The summed E-state index contributed by atoms with van der Waals surface area (Å²) in [6.45, 7) is 0. The predicted molar refractivity (Wildman–Crippen MR) is 101 cm³/mol. The van der Waals surface area contributed by atoms with E-state index in [2.05, 4.69) is 10.9 Å². The molecule has 0 heterocycles. The minimum absolute atomic E-state index is 0.0404. The van der Waals surface area contributed by atoms with Crippen molar-refractivity contribution in [3.8, 4) is 0 Å².